The molecule has 1 atom stereocenters. The molecule has 1 aromatic heterocycles. The summed E-state index contributed by atoms with van der Waals surface area (Å²) in [6.07, 6.45) is 3.26. The van der Waals surface area contributed by atoms with Crippen molar-refractivity contribution in [1.82, 2.24) is 10.3 Å². The van der Waals surface area contributed by atoms with E-state index in [1.54, 1.807) is 25.4 Å². The summed E-state index contributed by atoms with van der Waals surface area (Å²) < 4.78 is 10.8. The number of ether oxygens (including phenoxy) is 2. The number of benzene rings is 2. The molecule has 7 nitrogen and oxygen atoms in total. The lowest BCUT2D eigenvalue weighted by Gasteiger charge is -2.30. The fourth-order valence-electron chi connectivity index (χ4n) is 3.95. The van der Waals surface area contributed by atoms with E-state index in [1.807, 2.05) is 66.7 Å². The first kappa shape index (κ1) is 25.7. The molecular formula is C29H25N3O4S. The Bertz CT molecular complexity index is 1350. The van der Waals surface area contributed by atoms with Crippen molar-refractivity contribution in [2.24, 2.45) is 0 Å². The number of dihydropyridines is 1. The largest absolute Gasteiger partial charge is 0.463 e. The number of rotatable bonds is 9. The van der Waals surface area contributed by atoms with Crippen LogP contribution in [-0.2, 0) is 25.7 Å². The van der Waals surface area contributed by atoms with Crippen LogP contribution < -0.4 is 5.32 Å². The second kappa shape index (κ2) is 12.6. The molecule has 0 spiro atoms. The number of thioether (sulfide) groups is 1. The van der Waals surface area contributed by atoms with Gasteiger partial charge in [0.2, 0.25) is 0 Å². The molecule has 1 aliphatic heterocycles. The van der Waals surface area contributed by atoms with Gasteiger partial charge in [-0.25, -0.2) is 4.79 Å². The molecule has 1 N–H and O–H groups in total. The summed E-state index contributed by atoms with van der Waals surface area (Å²) >= 11 is 1.16. The minimum Gasteiger partial charge on any atom is -0.463 e. The van der Waals surface area contributed by atoms with Crippen molar-refractivity contribution < 1.29 is 19.1 Å². The van der Waals surface area contributed by atoms with Gasteiger partial charge in [0, 0.05) is 12.4 Å². The Morgan fingerprint density at radius 2 is 1.76 bits per heavy atom. The first-order chi connectivity index (χ1) is 18.1. The summed E-state index contributed by atoms with van der Waals surface area (Å²) in [6.45, 7) is 2.09. The van der Waals surface area contributed by atoms with Gasteiger partial charge in [-0.2, -0.15) is 5.26 Å². The number of nitrogens with zero attached hydrogens (tertiary/aromatic N) is 2. The van der Waals surface area contributed by atoms with Crippen LogP contribution in [0, 0.1) is 11.3 Å². The zero-order valence-electron chi connectivity index (χ0n) is 20.2. The van der Waals surface area contributed by atoms with Gasteiger partial charge in [-0.3, -0.25) is 9.78 Å². The van der Waals surface area contributed by atoms with Crippen LogP contribution in [0.5, 0.6) is 0 Å². The predicted molar refractivity (Wildman–Crippen MR) is 141 cm³/mol. The summed E-state index contributed by atoms with van der Waals surface area (Å²) in [5, 5.41) is 14.0. The van der Waals surface area contributed by atoms with Crippen LogP contribution >= 0.6 is 11.8 Å². The van der Waals surface area contributed by atoms with Crippen LogP contribution in [0.15, 0.2) is 101 Å². The van der Waals surface area contributed by atoms with Crippen molar-refractivity contribution in [2.45, 2.75) is 19.4 Å². The number of nitriles is 1. The minimum absolute atomic E-state index is 0.0169. The molecular weight excluding hydrogens is 486 g/mol. The van der Waals surface area contributed by atoms with Gasteiger partial charge in [-0.15, -0.1) is 0 Å². The Balaban J connectivity index is 1.69. The van der Waals surface area contributed by atoms with Crippen LogP contribution in [0.25, 0.3) is 5.70 Å². The number of esters is 2. The first-order valence-electron chi connectivity index (χ1n) is 11.7. The average molecular weight is 512 g/mol. The predicted octanol–water partition coefficient (Wildman–Crippen LogP) is 4.95. The van der Waals surface area contributed by atoms with E-state index < -0.39 is 17.9 Å². The third-order valence-electron chi connectivity index (χ3n) is 5.60. The Morgan fingerprint density at radius 3 is 2.41 bits per heavy atom. The highest BCUT2D eigenvalue weighted by molar-refractivity contribution is 8.03. The third kappa shape index (κ3) is 6.26. The fourth-order valence-corrected chi connectivity index (χ4v) is 4.79. The SMILES string of the molecule is CCOC(=O)C1=C(c2ccccc2)NC(SCC(=O)OCc2ccccc2)=C(C#N)[C@H]1c1cccnc1. The van der Waals surface area contributed by atoms with Crippen LogP contribution in [-0.4, -0.2) is 29.3 Å². The Labute approximate surface area is 219 Å². The summed E-state index contributed by atoms with van der Waals surface area (Å²) in [7, 11) is 0. The van der Waals surface area contributed by atoms with Gasteiger partial charge in [0.1, 0.15) is 6.61 Å². The Morgan fingerprint density at radius 1 is 1.03 bits per heavy atom. The molecule has 2 heterocycles. The van der Waals surface area contributed by atoms with Crippen molar-refractivity contribution in [1.29, 1.82) is 5.26 Å². The number of aromatic nitrogens is 1. The van der Waals surface area contributed by atoms with Gasteiger partial charge in [-0.1, -0.05) is 78.5 Å². The van der Waals surface area contributed by atoms with Gasteiger partial charge >= 0.3 is 11.9 Å². The van der Waals surface area contributed by atoms with Crippen molar-refractivity contribution in [3.05, 3.63) is 118 Å². The zero-order valence-corrected chi connectivity index (χ0v) is 21.0. The molecule has 8 heteroatoms. The molecule has 0 radical (unpaired) electrons. The Hall–Kier alpha value is -4.35. The maximum absolute atomic E-state index is 13.3. The normalized spacial score (nSPS) is 15.0. The molecule has 2 aromatic carbocycles. The number of hydrogen-bond acceptors (Lipinski definition) is 8. The number of carbonyl (C=O) groups is 2. The van der Waals surface area contributed by atoms with Gasteiger partial charge < -0.3 is 14.8 Å². The van der Waals surface area contributed by atoms with Crippen molar-refractivity contribution in [2.75, 3.05) is 12.4 Å². The third-order valence-corrected chi connectivity index (χ3v) is 6.59. The molecule has 1 aliphatic rings. The van der Waals surface area contributed by atoms with Crippen LogP contribution in [0.4, 0.5) is 0 Å². The number of hydrogen-bond donors (Lipinski definition) is 1. The van der Waals surface area contributed by atoms with Gasteiger partial charge in [-0.05, 0) is 29.7 Å². The molecule has 0 unspecified atom stereocenters. The zero-order chi connectivity index (χ0) is 26.0. The summed E-state index contributed by atoms with van der Waals surface area (Å²) in [6, 6.07) is 24.6. The fraction of sp³-hybridized carbons (Fsp3) is 0.172. The number of pyridine rings is 1. The average Bonchev–Trinajstić information content (AvgIpc) is 2.95. The van der Waals surface area contributed by atoms with E-state index in [1.165, 1.54) is 0 Å². The van der Waals surface area contributed by atoms with Crippen molar-refractivity contribution >= 4 is 29.4 Å². The van der Waals surface area contributed by atoms with Crippen LogP contribution in [0.1, 0.15) is 29.5 Å². The lowest BCUT2D eigenvalue weighted by Crippen LogP contribution is -2.29. The van der Waals surface area contributed by atoms with E-state index in [9.17, 15) is 14.9 Å². The topological polar surface area (TPSA) is 101 Å². The molecule has 4 rings (SSSR count). The first-order valence-corrected chi connectivity index (χ1v) is 12.7. The Kier molecular flexibility index (Phi) is 8.74. The smallest absolute Gasteiger partial charge is 0.337 e. The highest BCUT2D eigenvalue weighted by Crippen LogP contribution is 2.43. The molecule has 3 aromatic rings. The molecule has 0 saturated heterocycles. The van der Waals surface area contributed by atoms with Crippen LogP contribution in [0.2, 0.25) is 0 Å². The van der Waals surface area contributed by atoms with Crippen molar-refractivity contribution in [3.63, 3.8) is 0 Å². The highest BCUT2D eigenvalue weighted by atomic mass is 32.2. The van der Waals surface area contributed by atoms with Gasteiger partial charge in [0.25, 0.3) is 0 Å². The standard InChI is InChI=1S/C29H25N3O4S/c1-2-35-29(34)26-25(22-14-9-15-31-17-22)23(16-30)28(32-27(26)21-12-7-4-8-13-21)37-19-24(33)36-18-20-10-5-3-6-11-20/h3-15,17,25,32H,2,18-19H2,1H3/t25-/m1/s1. The number of allylic oxidation sites excluding steroid dienone is 1. The molecule has 0 amide bonds. The summed E-state index contributed by atoms with van der Waals surface area (Å²) in [4.78, 5) is 30.0. The van der Waals surface area contributed by atoms with E-state index in [2.05, 4.69) is 16.4 Å². The summed E-state index contributed by atoms with van der Waals surface area (Å²) in [5.41, 5.74) is 3.44. The second-order valence-electron chi connectivity index (χ2n) is 8.01. The molecule has 0 bridgehead atoms. The molecule has 0 saturated carbocycles. The van der Waals surface area contributed by atoms with Gasteiger partial charge in [0.15, 0.2) is 0 Å². The highest BCUT2D eigenvalue weighted by Gasteiger charge is 2.37. The van der Waals surface area contributed by atoms with E-state index in [0.717, 1.165) is 22.9 Å². The van der Waals surface area contributed by atoms with E-state index in [-0.39, 0.29) is 19.0 Å². The maximum Gasteiger partial charge on any atom is 0.337 e. The van der Waals surface area contributed by atoms with Gasteiger partial charge in [0.05, 0.1) is 46.2 Å². The maximum atomic E-state index is 13.3. The quantitative estimate of drug-likeness (QED) is 0.403. The van der Waals surface area contributed by atoms with E-state index in [4.69, 9.17) is 9.47 Å². The summed E-state index contributed by atoms with van der Waals surface area (Å²) in [5.74, 6) is -1.68. The molecule has 0 aliphatic carbocycles. The molecule has 37 heavy (non-hydrogen) atoms. The van der Waals surface area contributed by atoms with E-state index >= 15 is 0 Å². The number of carbonyl (C=O) groups excluding carboxylic acids is 2. The second-order valence-corrected chi connectivity index (χ2v) is 8.99. The lowest BCUT2D eigenvalue weighted by molar-refractivity contribution is -0.141. The van der Waals surface area contributed by atoms with E-state index in [0.29, 0.717) is 27.4 Å². The lowest BCUT2D eigenvalue weighted by atomic mass is 9.82. The van der Waals surface area contributed by atoms with Crippen LogP contribution in [0.3, 0.4) is 0 Å². The molecule has 0 fully saturated rings. The monoisotopic (exact) mass is 511 g/mol. The minimum atomic E-state index is -0.725. The molecule has 186 valence electrons. The number of nitrogens with one attached hydrogen (secondary N) is 1. The van der Waals surface area contributed by atoms with Crippen molar-refractivity contribution in [3.8, 4) is 6.07 Å².